The fraction of sp³-hybridized carbons (Fsp3) is 0.280. The van der Waals surface area contributed by atoms with Gasteiger partial charge in [-0.2, -0.15) is 0 Å². The molecule has 1 aliphatic heterocycles. The number of hydrogen-bond donors (Lipinski definition) is 3. The average Bonchev–Trinajstić information content (AvgIpc) is 3.38. The van der Waals surface area contributed by atoms with Gasteiger partial charge in [0.15, 0.2) is 11.6 Å². The Balaban J connectivity index is 1.50. The lowest BCUT2D eigenvalue weighted by atomic mass is 10.1. The van der Waals surface area contributed by atoms with Crippen LogP contribution in [0.4, 0.5) is 11.8 Å². The lowest BCUT2D eigenvalue weighted by molar-refractivity contribution is 0.0705. The number of morpholine rings is 1. The van der Waals surface area contributed by atoms with E-state index in [0.717, 1.165) is 45.1 Å². The van der Waals surface area contributed by atoms with Crippen LogP contribution < -0.4 is 15.3 Å². The van der Waals surface area contributed by atoms with E-state index < -0.39 is 5.91 Å². The smallest absolute Gasteiger partial charge is 0.277 e. The number of benzene rings is 1. The summed E-state index contributed by atoms with van der Waals surface area (Å²) in [5.74, 6) is 1.22. The van der Waals surface area contributed by atoms with Crippen molar-refractivity contribution in [3.63, 3.8) is 0 Å². The van der Waals surface area contributed by atoms with E-state index >= 15 is 0 Å². The summed E-state index contributed by atoms with van der Waals surface area (Å²) >= 11 is 1.61. The second-order valence-electron chi connectivity index (χ2n) is 8.73. The van der Waals surface area contributed by atoms with E-state index in [1.54, 1.807) is 23.7 Å². The average molecular weight is 535 g/mol. The van der Waals surface area contributed by atoms with Gasteiger partial charge in [0.05, 0.1) is 41.3 Å². The molecule has 5 rings (SSSR count). The molecule has 13 heteroatoms. The number of nitrogens with zero attached hydrogens (tertiary/aromatic N) is 7. The molecule has 1 amide bonds. The molecule has 1 aliphatic rings. The molecule has 196 valence electrons. The van der Waals surface area contributed by atoms with Gasteiger partial charge >= 0.3 is 0 Å². The van der Waals surface area contributed by atoms with E-state index in [2.05, 4.69) is 20.0 Å². The Morgan fingerprint density at radius 1 is 1.18 bits per heavy atom. The third kappa shape index (κ3) is 5.25. The van der Waals surface area contributed by atoms with Crippen LogP contribution in [0.5, 0.6) is 0 Å². The largest absolute Gasteiger partial charge is 0.411 e. The van der Waals surface area contributed by atoms with Crippen molar-refractivity contribution in [2.75, 3.05) is 43.2 Å². The van der Waals surface area contributed by atoms with Gasteiger partial charge in [0.25, 0.3) is 5.91 Å². The Bertz CT molecular complexity index is 1480. The second kappa shape index (κ2) is 11.0. The zero-order valence-electron chi connectivity index (χ0n) is 20.8. The number of amides is 1. The van der Waals surface area contributed by atoms with Crippen LogP contribution in [0.3, 0.4) is 0 Å². The quantitative estimate of drug-likeness (QED) is 0.140. The van der Waals surface area contributed by atoms with Crippen LogP contribution in [0, 0.1) is 0 Å². The molecule has 1 saturated heterocycles. The summed E-state index contributed by atoms with van der Waals surface area (Å²) in [5, 5.41) is 21.3. The van der Waals surface area contributed by atoms with E-state index in [9.17, 15) is 10.0 Å². The first-order valence-electron chi connectivity index (χ1n) is 11.9. The molecule has 0 saturated carbocycles. The van der Waals surface area contributed by atoms with Gasteiger partial charge < -0.3 is 19.7 Å². The molecule has 38 heavy (non-hydrogen) atoms. The standard InChI is InChI=1S/C25H26N8O4S/c1-15(30-35)16-4-3-5-17(10-16)22-28-20-11-19(38-21(20)23(29-22)33-6-8-37-9-7-33)14-32(2)25-26-12-18(13-27-25)24(34)31-36/h3-5,10-13,35-36H,6-9,14H2,1-2H3,(H,31,34)/b30-15-. The Hall–Kier alpha value is -4.20. The minimum absolute atomic E-state index is 0.161. The van der Waals surface area contributed by atoms with Gasteiger partial charge in [-0.05, 0) is 24.6 Å². The number of anilines is 2. The fourth-order valence-corrected chi connectivity index (χ4v) is 5.27. The molecule has 1 fully saturated rings. The van der Waals surface area contributed by atoms with Crippen molar-refractivity contribution >= 4 is 44.9 Å². The Morgan fingerprint density at radius 2 is 1.95 bits per heavy atom. The van der Waals surface area contributed by atoms with E-state index in [1.807, 2.05) is 42.3 Å². The Labute approximate surface area is 222 Å². The summed E-state index contributed by atoms with van der Waals surface area (Å²) in [4.78, 5) is 35.0. The van der Waals surface area contributed by atoms with E-state index in [4.69, 9.17) is 19.9 Å². The van der Waals surface area contributed by atoms with Crippen molar-refractivity contribution in [3.05, 3.63) is 58.7 Å². The Kier molecular flexibility index (Phi) is 7.40. The van der Waals surface area contributed by atoms with Crippen LogP contribution in [0.15, 0.2) is 47.9 Å². The topological polar surface area (TPSA) is 149 Å². The molecule has 12 nitrogen and oxygen atoms in total. The first-order chi connectivity index (χ1) is 18.5. The molecule has 0 bridgehead atoms. The molecule has 4 heterocycles. The van der Waals surface area contributed by atoms with Gasteiger partial charge in [-0.15, -0.1) is 11.3 Å². The molecular weight excluding hydrogens is 508 g/mol. The highest BCUT2D eigenvalue weighted by Gasteiger charge is 2.21. The number of oxime groups is 1. The number of rotatable bonds is 7. The van der Waals surface area contributed by atoms with Crippen molar-refractivity contribution in [1.82, 2.24) is 25.4 Å². The lowest BCUT2D eigenvalue weighted by Crippen LogP contribution is -2.36. The van der Waals surface area contributed by atoms with E-state index in [-0.39, 0.29) is 5.56 Å². The highest BCUT2D eigenvalue weighted by atomic mass is 32.1. The maximum atomic E-state index is 11.5. The highest BCUT2D eigenvalue weighted by molar-refractivity contribution is 7.19. The molecule has 0 spiro atoms. The molecule has 0 atom stereocenters. The van der Waals surface area contributed by atoms with E-state index in [1.165, 1.54) is 12.4 Å². The van der Waals surface area contributed by atoms with Crippen LogP contribution in [-0.4, -0.2) is 75.3 Å². The van der Waals surface area contributed by atoms with Crippen molar-refractivity contribution in [3.8, 4) is 11.4 Å². The van der Waals surface area contributed by atoms with Crippen molar-refractivity contribution in [1.29, 1.82) is 0 Å². The van der Waals surface area contributed by atoms with Gasteiger partial charge in [0, 0.05) is 43.0 Å². The zero-order chi connectivity index (χ0) is 26.6. The zero-order valence-corrected chi connectivity index (χ0v) is 21.6. The predicted molar refractivity (Wildman–Crippen MR) is 143 cm³/mol. The first-order valence-corrected chi connectivity index (χ1v) is 12.7. The van der Waals surface area contributed by atoms with Crippen LogP contribution >= 0.6 is 11.3 Å². The third-order valence-electron chi connectivity index (χ3n) is 6.14. The number of carbonyl (C=O) groups excluding carboxylic acids is 1. The molecule has 0 radical (unpaired) electrons. The van der Waals surface area contributed by atoms with Gasteiger partial charge in [-0.1, -0.05) is 23.4 Å². The van der Waals surface area contributed by atoms with Crippen molar-refractivity contribution in [2.24, 2.45) is 5.16 Å². The summed E-state index contributed by atoms with van der Waals surface area (Å²) in [6.45, 7) is 4.98. The van der Waals surface area contributed by atoms with Crippen LogP contribution in [0.1, 0.15) is 27.7 Å². The van der Waals surface area contributed by atoms with Gasteiger partial charge in [-0.25, -0.2) is 25.4 Å². The summed E-state index contributed by atoms with van der Waals surface area (Å²) in [5.41, 5.74) is 4.69. The van der Waals surface area contributed by atoms with Crippen LogP contribution in [0.2, 0.25) is 0 Å². The molecular formula is C25H26N8O4S. The van der Waals surface area contributed by atoms with E-state index in [0.29, 0.717) is 37.2 Å². The third-order valence-corrected chi connectivity index (χ3v) is 7.25. The fourth-order valence-electron chi connectivity index (χ4n) is 4.11. The molecule has 4 aromatic rings. The summed E-state index contributed by atoms with van der Waals surface area (Å²) in [6, 6.07) is 9.67. The predicted octanol–water partition coefficient (Wildman–Crippen LogP) is 2.94. The number of thiophene rings is 1. The Morgan fingerprint density at radius 3 is 2.66 bits per heavy atom. The maximum absolute atomic E-state index is 11.5. The summed E-state index contributed by atoms with van der Waals surface area (Å²) < 4.78 is 6.55. The van der Waals surface area contributed by atoms with Gasteiger partial charge in [0.2, 0.25) is 5.95 Å². The summed E-state index contributed by atoms with van der Waals surface area (Å²) in [6.07, 6.45) is 2.72. The SMILES string of the molecule is C/C(=N/O)c1cccc(-c2nc(N3CCOCC3)c3sc(CN(C)c4ncc(C(=O)NO)cn4)cc3n2)c1. The van der Waals surface area contributed by atoms with Crippen molar-refractivity contribution in [2.45, 2.75) is 13.5 Å². The lowest BCUT2D eigenvalue weighted by Gasteiger charge is -2.28. The molecule has 0 aliphatic carbocycles. The number of aromatic nitrogens is 4. The number of carbonyl (C=O) groups is 1. The minimum Gasteiger partial charge on any atom is -0.411 e. The van der Waals surface area contributed by atoms with Crippen LogP contribution in [0.25, 0.3) is 21.6 Å². The second-order valence-corrected chi connectivity index (χ2v) is 9.87. The number of hydrogen-bond acceptors (Lipinski definition) is 12. The maximum Gasteiger partial charge on any atom is 0.277 e. The highest BCUT2D eigenvalue weighted by Crippen LogP contribution is 2.35. The normalized spacial score (nSPS) is 14.1. The van der Waals surface area contributed by atoms with Gasteiger partial charge in [0.1, 0.15) is 0 Å². The van der Waals surface area contributed by atoms with Gasteiger partial charge in [-0.3, -0.25) is 10.0 Å². The number of fused-ring (bicyclic) bond motifs is 1. The van der Waals surface area contributed by atoms with Crippen molar-refractivity contribution < 1.29 is 19.9 Å². The first kappa shape index (κ1) is 25.4. The molecule has 0 unspecified atom stereocenters. The molecule has 1 aromatic carbocycles. The minimum atomic E-state index is -0.668. The monoisotopic (exact) mass is 534 g/mol. The summed E-state index contributed by atoms with van der Waals surface area (Å²) in [7, 11) is 1.86. The number of nitrogens with one attached hydrogen (secondary N) is 1. The number of ether oxygens (including phenoxy) is 1. The van der Waals surface area contributed by atoms with Crippen LogP contribution in [-0.2, 0) is 11.3 Å². The number of hydroxylamine groups is 1. The molecule has 3 N–H and O–H groups in total. The molecule has 3 aromatic heterocycles.